The molecule has 1 aromatic carbocycles. The molecule has 2 amide bonds. The molecule has 0 aliphatic heterocycles. The maximum absolute atomic E-state index is 11.7. The summed E-state index contributed by atoms with van der Waals surface area (Å²) in [6.45, 7) is -0.155. The van der Waals surface area contributed by atoms with E-state index in [1.807, 2.05) is 0 Å². The Morgan fingerprint density at radius 3 is 2.60 bits per heavy atom. The molecule has 9 heteroatoms. The lowest BCUT2D eigenvalue weighted by molar-refractivity contribution is -0.140. The first-order valence-corrected chi connectivity index (χ1v) is 6.84. The van der Waals surface area contributed by atoms with Gasteiger partial charge in [0.25, 0.3) is 0 Å². The summed E-state index contributed by atoms with van der Waals surface area (Å²) >= 11 is 15.1. The van der Waals surface area contributed by atoms with E-state index in [-0.39, 0.29) is 22.3 Å². The summed E-state index contributed by atoms with van der Waals surface area (Å²) in [6.07, 6.45) is 0. The summed E-state index contributed by atoms with van der Waals surface area (Å²) in [6, 6.07) is 1.25. The Balaban J connectivity index is 2.76. The molecule has 0 saturated heterocycles. The first-order chi connectivity index (χ1) is 9.36. The van der Waals surface area contributed by atoms with E-state index in [2.05, 4.69) is 26.6 Å². The second kappa shape index (κ2) is 7.68. The number of halogens is 3. The van der Waals surface area contributed by atoms with Gasteiger partial charge in [0.05, 0.1) is 22.3 Å². The molecule has 0 aliphatic carbocycles. The standard InChI is InChI=1S/C11H11BrCl2N2O4/c1-20-4-7(10(17)18)16-11(19)15-6-3-2-5(12)8(13)9(6)14/h2-3,7H,4H2,1H3,(H,17,18)(H2,15,16,19). The van der Waals surface area contributed by atoms with Gasteiger partial charge in [-0.25, -0.2) is 9.59 Å². The van der Waals surface area contributed by atoms with Gasteiger partial charge in [-0.15, -0.1) is 0 Å². The molecule has 6 nitrogen and oxygen atoms in total. The van der Waals surface area contributed by atoms with Crippen molar-refractivity contribution in [2.24, 2.45) is 0 Å². The predicted octanol–water partition coefficient (Wildman–Crippen LogP) is 2.98. The number of anilines is 1. The molecule has 20 heavy (non-hydrogen) atoms. The third-order valence-electron chi connectivity index (χ3n) is 2.22. The van der Waals surface area contributed by atoms with E-state index in [1.165, 1.54) is 13.2 Å². The Bertz CT molecular complexity index is 527. The molecule has 1 atom stereocenters. The Kier molecular flexibility index (Phi) is 6.54. The largest absolute Gasteiger partial charge is 0.480 e. The second-order valence-electron chi connectivity index (χ2n) is 3.67. The van der Waals surface area contributed by atoms with Gasteiger partial charge in [0.2, 0.25) is 0 Å². The van der Waals surface area contributed by atoms with Crippen LogP contribution in [0.3, 0.4) is 0 Å². The summed E-state index contributed by atoms with van der Waals surface area (Å²) in [5.74, 6) is -1.21. The average molecular weight is 386 g/mol. The predicted molar refractivity (Wildman–Crippen MR) is 79.6 cm³/mol. The molecule has 0 aromatic heterocycles. The first kappa shape index (κ1) is 17.0. The second-order valence-corrected chi connectivity index (χ2v) is 5.28. The van der Waals surface area contributed by atoms with Crippen LogP contribution < -0.4 is 10.6 Å². The molecule has 1 rings (SSSR count). The van der Waals surface area contributed by atoms with E-state index in [0.717, 1.165) is 0 Å². The van der Waals surface area contributed by atoms with Gasteiger partial charge in [0.1, 0.15) is 0 Å². The number of aliphatic carboxylic acids is 1. The normalized spacial score (nSPS) is 11.8. The highest BCUT2D eigenvalue weighted by Gasteiger charge is 2.20. The zero-order chi connectivity index (χ0) is 15.3. The van der Waals surface area contributed by atoms with Crippen LogP contribution in [0, 0.1) is 0 Å². The third-order valence-corrected chi connectivity index (χ3v) is 3.99. The van der Waals surface area contributed by atoms with E-state index in [1.54, 1.807) is 6.07 Å². The quantitative estimate of drug-likeness (QED) is 0.680. The van der Waals surface area contributed by atoms with E-state index in [9.17, 15) is 9.59 Å². The topological polar surface area (TPSA) is 87.7 Å². The van der Waals surface area contributed by atoms with Crippen molar-refractivity contribution >= 4 is 56.8 Å². The lowest BCUT2D eigenvalue weighted by Crippen LogP contribution is -2.45. The molecule has 0 heterocycles. The SMILES string of the molecule is COCC(NC(=O)Nc1ccc(Br)c(Cl)c1Cl)C(=O)O. The van der Waals surface area contributed by atoms with Crippen LogP contribution in [0.5, 0.6) is 0 Å². The molecule has 0 bridgehead atoms. The minimum Gasteiger partial charge on any atom is -0.480 e. The minimum absolute atomic E-state index is 0.148. The number of methoxy groups -OCH3 is 1. The fraction of sp³-hybridized carbons (Fsp3) is 0.273. The Hall–Kier alpha value is -1.02. The molecule has 0 radical (unpaired) electrons. The minimum atomic E-state index is -1.21. The number of hydrogen-bond donors (Lipinski definition) is 3. The summed E-state index contributed by atoms with van der Waals surface area (Å²) < 4.78 is 5.28. The van der Waals surface area contributed by atoms with Gasteiger partial charge in [-0.1, -0.05) is 23.2 Å². The van der Waals surface area contributed by atoms with E-state index >= 15 is 0 Å². The molecular formula is C11H11BrCl2N2O4. The van der Waals surface area contributed by atoms with Crippen molar-refractivity contribution in [3.05, 3.63) is 26.7 Å². The van der Waals surface area contributed by atoms with Crippen LogP contribution in [0.4, 0.5) is 10.5 Å². The van der Waals surface area contributed by atoms with Gasteiger partial charge < -0.3 is 20.5 Å². The number of carbonyl (C=O) groups excluding carboxylic acids is 1. The fourth-order valence-corrected chi connectivity index (χ4v) is 2.10. The Morgan fingerprint density at radius 2 is 2.05 bits per heavy atom. The summed E-state index contributed by atoms with van der Waals surface area (Å²) in [5, 5.41) is 13.9. The molecule has 0 fully saturated rings. The number of carboxylic acids is 1. The van der Waals surface area contributed by atoms with E-state index in [0.29, 0.717) is 4.47 Å². The number of nitrogens with one attached hydrogen (secondary N) is 2. The summed E-state index contributed by atoms with van der Waals surface area (Å²) in [7, 11) is 1.33. The fourth-order valence-electron chi connectivity index (χ4n) is 1.28. The van der Waals surface area contributed by atoms with Gasteiger partial charge in [0.15, 0.2) is 6.04 Å². The first-order valence-electron chi connectivity index (χ1n) is 5.29. The smallest absolute Gasteiger partial charge is 0.328 e. The van der Waals surface area contributed by atoms with Crippen molar-refractivity contribution in [3.63, 3.8) is 0 Å². The maximum Gasteiger partial charge on any atom is 0.328 e. The van der Waals surface area contributed by atoms with Gasteiger partial charge in [0, 0.05) is 11.6 Å². The van der Waals surface area contributed by atoms with Gasteiger partial charge in [-0.05, 0) is 28.1 Å². The Morgan fingerprint density at radius 1 is 1.40 bits per heavy atom. The van der Waals surface area contributed by atoms with Gasteiger partial charge in [-0.2, -0.15) is 0 Å². The zero-order valence-corrected chi connectivity index (χ0v) is 13.3. The number of rotatable bonds is 5. The third kappa shape index (κ3) is 4.52. The number of ether oxygens (including phenoxy) is 1. The highest BCUT2D eigenvalue weighted by molar-refractivity contribution is 9.10. The highest BCUT2D eigenvalue weighted by atomic mass is 79.9. The number of benzene rings is 1. The van der Waals surface area contributed by atoms with Crippen LogP contribution in [0.15, 0.2) is 16.6 Å². The van der Waals surface area contributed by atoms with E-state index < -0.39 is 18.0 Å². The van der Waals surface area contributed by atoms with Crippen molar-refractivity contribution in [2.45, 2.75) is 6.04 Å². The summed E-state index contributed by atoms with van der Waals surface area (Å²) in [5.41, 5.74) is 0.263. The average Bonchev–Trinajstić information content (AvgIpc) is 2.39. The van der Waals surface area contributed by atoms with Crippen LogP contribution >= 0.6 is 39.1 Å². The molecule has 0 aliphatic rings. The number of carbonyl (C=O) groups is 2. The number of amides is 2. The van der Waals surface area contributed by atoms with Crippen LogP contribution in [-0.4, -0.2) is 36.9 Å². The van der Waals surface area contributed by atoms with Crippen molar-refractivity contribution in [1.29, 1.82) is 0 Å². The van der Waals surface area contributed by atoms with Crippen molar-refractivity contribution in [1.82, 2.24) is 5.32 Å². The monoisotopic (exact) mass is 384 g/mol. The number of urea groups is 1. The molecule has 1 unspecified atom stereocenters. The lowest BCUT2D eigenvalue weighted by Gasteiger charge is -2.15. The summed E-state index contributed by atoms with van der Waals surface area (Å²) in [4.78, 5) is 22.6. The maximum atomic E-state index is 11.7. The zero-order valence-electron chi connectivity index (χ0n) is 10.2. The van der Waals surface area contributed by atoms with Crippen LogP contribution in [0.2, 0.25) is 10.0 Å². The molecule has 0 saturated carbocycles. The molecule has 1 aromatic rings. The highest BCUT2D eigenvalue weighted by Crippen LogP contribution is 2.35. The lowest BCUT2D eigenvalue weighted by atomic mass is 10.3. The van der Waals surface area contributed by atoms with Crippen LogP contribution in [-0.2, 0) is 9.53 Å². The number of hydrogen-bond acceptors (Lipinski definition) is 3. The molecule has 110 valence electrons. The molecule has 0 spiro atoms. The Labute approximate surface area is 133 Å². The van der Waals surface area contributed by atoms with Gasteiger partial charge in [-0.3, -0.25) is 0 Å². The van der Waals surface area contributed by atoms with Crippen LogP contribution in [0.1, 0.15) is 0 Å². The van der Waals surface area contributed by atoms with Crippen molar-refractivity contribution < 1.29 is 19.4 Å². The molecule has 3 N–H and O–H groups in total. The molecular weight excluding hydrogens is 375 g/mol. The van der Waals surface area contributed by atoms with E-state index in [4.69, 9.17) is 33.0 Å². The number of carboxylic acid groups (broad SMARTS) is 1. The van der Waals surface area contributed by atoms with Gasteiger partial charge >= 0.3 is 12.0 Å². The van der Waals surface area contributed by atoms with Crippen LogP contribution in [0.25, 0.3) is 0 Å². The van der Waals surface area contributed by atoms with Crippen molar-refractivity contribution in [3.8, 4) is 0 Å². The van der Waals surface area contributed by atoms with Crippen molar-refractivity contribution in [2.75, 3.05) is 19.0 Å².